The highest BCUT2D eigenvalue weighted by molar-refractivity contribution is 7.98. The average Bonchev–Trinajstić information content (AvgIpc) is 2.27. The van der Waals surface area contributed by atoms with Gasteiger partial charge in [-0.05, 0) is 25.5 Å². The van der Waals surface area contributed by atoms with E-state index in [0.29, 0.717) is 18.3 Å². The topological polar surface area (TPSA) is 30.3 Å². The Bertz CT molecular complexity index is 441. The summed E-state index contributed by atoms with van der Waals surface area (Å²) in [6.07, 6.45) is 2.00. The van der Waals surface area contributed by atoms with Gasteiger partial charge >= 0.3 is 0 Å². The van der Waals surface area contributed by atoms with E-state index in [0.717, 1.165) is 5.56 Å². The quantitative estimate of drug-likeness (QED) is 0.555. The van der Waals surface area contributed by atoms with Crippen molar-refractivity contribution in [2.24, 2.45) is 0 Å². The molecule has 1 aromatic rings. The normalized spacial score (nSPS) is 16.1. The molecule has 5 heteroatoms. The maximum absolute atomic E-state index is 13.6. The van der Waals surface area contributed by atoms with Crippen LogP contribution in [0.1, 0.15) is 19.4 Å². The number of nitrogens with zero attached hydrogens (tertiary/aromatic N) is 3. The van der Waals surface area contributed by atoms with Gasteiger partial charge in [0.1, 0.15) is 11.5 Å². The van der Waals surface area contributed by atoms with Gasteiger partial charge in [0.25, 0.3) is 0 Å². The number of hydrogen-bond acceptors (Lipinski definition) is 4. The molecule has 1 aromatic carbocycles. The van der Waals surface area contributed by atoms with E-state index in [1.807, 2.05) is 30.4 Å². The lowest BCUT2D eigenvalue weighted by Gasteiger charge is -2.34. The lowest BCUT2D eigenvalue weighted by Crippen LogP contribution is -2.33. The number of benzene rings is 1. The summed E-state index contributed by atoms with van der Waals surface area (Å²) in [5, 5.41) is 9.02. The predicted molar refractivity (Wildman–Crippen MR) is 62.8 cm³/mol. The highest BCUT2D eigenvalue weighted by Crippen LogP contribution is 2.38. The average molecular weight is 237 g/mol. The van der Waals surface area contributed by atoms with Crippen molar-refractivity contribution >= 4 is 17.8 Å². The van der Waals surface area contributed by atoms with E-state index in [2.05, 4.69) is 0 Å². The molecule has 3 nitrogen and oxygen atoms in total. The molecule has 84 valence electrons. The molecule has 0 fully saturated rings. The third kappa shape index (κ3) is 1.86. The molecule has 0 aromatic heterocycles. The van der Waals surface area contributed by atoms with Crippen molar-refractivity contribution in [2.45, 2.75) is 26.4 Å². The Balaban J connectivity index is 2.43. The van der Waals surface area contributed by atoms with Crippen LogP contribution in [-0.4, -0.2) is 10.3 Å². The number of para-hydroxylation sites is 1. The molecule has 16 heavy (non-hydrogen) atoms. The van der Waals surface area contributed by atoms with E-state index in [4.69, 9.17) is 5.26 Å². The Morgan fingerprint density at radius 1 is 1.50 bits per heavy atom. The summed E-state index contributed by atoms with van der Waals surface area (Å²) in [7, 11) is 0. The second-order valence-electron chi connectivity index (χ2n) is 3.89. The Hall–Kier alpha value is -1.25. The molecular formula is C11H12FN3S. The summed E-state index contributed by atoms with van der Waals surface area (Å²) in [4.78, 5) is 0. The van der Waals surface area contributed by atoms with Gasteiger partial charge in [-0.25, -0.2) is 13.0 Å². The van der Waals surface area contributed by atoms with Crippen molar-refractivity contribution < 1.29 is 4.39 Å². The van der Waals surface area contributed by atoms with Gasteiger partial charge in [0, 0.05) is 12.6 Å². The van der Waals surface area contributed by atoms with Crippen LogP contribution in [0, 0.1) is 17.3 Å². The standard InChI is InChI=1S/C11H12FN3S/c1-8(2)14-6-9-4-3-5-10(12)11(9)15(7-13)16-14/h3-5,8H,6H2,1-2H3. The lowest BCUT2D eigenvalue weighted by atomic mass is 10.1. The predicted octanol–water partition coefficient (Wildman–Crippen LogP) is 2.90. The van der Waals surface area contributed by atoms with Crippen LogP contribution in [0.25, 0.3) is 0 Å². The van der Waals surface area contributed by atoms with Crippen molar-refractivity contribution in [3.8, 4) is 6.19 Å². The minimum atomic E-state index is -0.338. The maximum Gasteiger partial charge on any atom is 0.196 e. The van der Waals surface area contributed by atoms with Gasteiger partial charge in [-0.2, -0.15) is 5.26 Å². The van der Waals surface area contributed by atoms with Gasteiger partial charge in [0.05, 0.1) is 12.1 Å². The minimum absolute atomic E-state index is 0.303. The molecule has 0 saturated heterocycles. The lowest BCUT2D eigenvalue weighted by molar-refractivity contribution is 0.386. The van der Waals surface area contributed by atoms with Crippen LogP contribution in [-0.2, 0) is 6.54 Å². The van der Waals surface area contributed by atoms with Crippen molar-refractivity contribution in [2.75, 3.05) is 4.31 Å². The summed E-state index contributed by atoms with van der Waals surface area (Å²) < 4.78 is 17.0. The first kappa shape index (κ1) is 11.2. The Kier molecular flexibility index (Phi) is 3.03. The van der Waals surface area contributed by atoms with Crippen LogP contribution in [0.2, 0.25) is 0 Å². The summed E-state index contributed by atoms with van der Waals surface area (Å²) in [6, 6.07) is 5.22. The molecule has 1 heterocycles. The number of rotatable bonds is 1. The summed E-state index contributed by atoms with van der Waals surface area (Å²) in [6.45, 7) is 4.76. The first-order chi connectivity index (χ1) is 7.63. The highest BCUT2D eigenvalue weighted by atomic mass is 32.2. The largest absolute Gasteiger partial charge is 0.224 e. The molecule has 0 saturated carbocycles. The zero-order valence-corrected chi connectivity index (χ0v) is 9.96. The second kappa shape index (κ2) is 4.32. The van der Waals surface area contributed by atoms with Crippen LogP contribution in [0.3, 0.4) is 0 Å². The van der Waals surface area contributed by atoms with Crippen LogP contribution >= 0.6 is 12.1 Å². The monoisotopic (exact) mass is 237 g/mol. The Labute approximate surface area is 98.7 Å². The van der Waals surface area contributed by atoms with Gasteiger partial charge in [0.2, 0.25) is 0 Å². The molecule has 0 bridgehead atoms. The number of anilines is 1. The summed E-state index contributed by atoms with van der Waals surface area (Å²) in [5.41, 5.74) is 1.25. The molecule has 0 amide bonds. The number of fused-ring (bicyclic) bond motifs is 1. The van der Waals surface area contributed by atoms with Crippen molar-refractivity contribution in [3.05, 3.63) is 29.6 Å². The van der Waals surface area contributed by atoms with E-state index in [1.54, 1.807) is 6.07 Å². The molecular weight excluding hydrogens is 225 g/mol. The van der Waals surface area contributed by atoms with Gasteiger partial charge < -0.3 is 0 Å². The van der Waals surface area contributed by atoms with Gasteiger partial charge in [-0.3, -0.25) is 0 Å². The maximum atomic E-state index is 13.6. The van der Waals surface area contributed by atoms with Crippen molar-refractivity contribution in [3.63, 3.8) is 0 Å². The molecule has 0 spiro atoms. The molecule has 2 rings (SSSR count). The second-order valence-corrected chi connectivity index (χ2v) is 4.89. The molecule has 0 aliphatic carbocycles. The van der Waals surface area contributed by atoms with Crippen molar-refractivity contribution in [1.82, 2.24) is 4.31 Å². The molecule has 0 atom stereocenters. The van der Waals surface area contributed by atoms with Crippen LogP contribution in [0.5, 0.6) is 0 Å². The van der Waals surface area contributed by atoms with E-state index >= 15 is 0 Å². The number of hydrogen-bond donors (Lipinski definition) is 0. The fraction of sp³-hybridized carbons (Fsp3) is 0.364. The minimum Gasteiger partial charge on any atom is -0.224 e. The van der Waals surface area contributed by atoms with E-state index < -0.39 is 0 Å². The number of halogens is 1. The van der Waals surface area contributed by atoms with Crippen LogP contribution in [0.4, 0.5) is 10.1 Å². The summed E-state index contributed by atoms with van der Waals surface area (Å²) in [5.74, 6) is -0.338. The fourth-order valence-electron chi connectivity index (χ4n) is 1.60. The summed E-state index contributed by atoms with van der Waals surface area (Å²) >= 11 is 1.26. The highest BCUT2D eigenvalue weighted by Gasteiger charge is 2.27. The zero-order chi connectivity index (χ0) is 11.7. The van der Waals surface area contributed by atoms with E-state index in [-0.39, 0.29) is 5.82 Å². The molecule has 0 unspecified atom stereocenters. The van der Waals surface area contributed by atoms with Crippen LogP contribution in [0.15, 0.2) is 18.2 Å². The van der Waals surface area contributed by atoms with Crippen molar-refractivity contribution in [1.29, 1.82) is 5.26 Å². The first-order valence-electron chi connectivity index (χ1n) is 5.05. The molecule has 0 N–H and O–H groups in total. The SMILES string of the molecule is CC(C)N1Cc2cccc(F)c2N(C#N)S1. The first-order valence-corrected chi connectivity index (χ1v) is 5.78. The van der Waals surface area contributed by atoms with E-state index in [9.17, 15) is 4.39 Å². The van der Waals surface area contributed by atoms with Gasteiger partial charge in [-0.1, -0.05) is 12.1 Å². The van der Waals surface area contributed by atoms with E-state index in [1.165, 1.54) is 22.5 Å². The van der Waals surface area contributed by atoms with Gasteiger partial charge in [-0.15, -0.1) is 0 Å². The third-order valence-electron chi connectivity index (χ3n) is 2.45. The molecule has 0 radical (unpaired) electrons. The fourth-order valence-corrected chi connectivity index (χ4v) is 2.52. The third-order valence-corrected chi connectivity index (χ3v) is 3.64. The molecule has 1 aliphatic heterocycles. The number of nitriles is 1. The smallest absolute Gasteiger partial charge is 0.196 e. The zero-order valence-electron chi connectivity index (χ0n) is 9.14. The molecule has 1 aliphatic rings. The van der Waals surface area contributed by atoms with Gasteiger partial charge in [0.15, 0.2) is 6.19 Å². The van der Waals surface area contributed by atoms with Crippen LogP contribution < -0.4 is 4.31 Å². The Morgan fingerprint density at radius 2 is 2.25 bits per heavy atom. The Morgan fingerprint density at radius 3 is 2.88 bits per heavy atom.